The maximum atomic E-state index is 12.5. The van der Waals surface area contributed by atoms with Gasteiger partial charge in [0, 0.05) is 19.6 Å². The van der Waals surface area contributed by atoms with E-state index in [1.165, 1.54) is 15.4 Å². The Bertz CT molecular complexity index is 682. The first-order chi connectivity index (χ1) is 12.7. The molecule has 0 bridgehead atoms. The van der Waals surface area contributed by atoms with Crippen LogP contribution in [0.5, 0.6) is 0 Å². The van der Waals surface area contributed by atoms with E-state index in [9.17, 15) is 14.4 Å². The highest BCUT2D eigenvalue weighted by Crippen LogP contribution is 2.24. The zero-order valence-electron chi connectivity index (χ0n) is 17.0. The average molecular weight is 373 g/mol. The highest BCUT2D eigenvalue weighted by atomic mass is 16.2. The summed E-state index contributed by atoms with van der Waals surface area (Å²) in [7, 11) is 0. The van der Waals surface area contributed by atoms with Gasteiger partial charge in [0.25, 0.3) is 0 Å². The van der Waals surface area contributed by atoms with E-state index in [4.69, 9.17) is 0 Å². The molecule has 1 aliphatic heterocycles. The standard InChI is InChI=1S/C21H31N3O3/c1-6-23-11-12-24(21(27)20(23)26)13-18(25)22-19(15(4)5)17-9-7-16(8-10-17)14(2)3/h7-10,14-15,19H,6,11-13H2,1-5H3,(H,22,25). The first kappa shape index (κ1) is 20.9. The van der Waals surface area contributed by atoms with Crippen molar-refractivity contribution in [3.63, 3.8) is 0 Å². The number of hydrogen-bond donors (Lipinski definition) is 1. The van der Waals surface area contributed by atoms with Gasteiger partial charge in [-0.05, 0) is 29.9 Å². The van der Waals surface area contributed by atoms with E-state index >= 15 is 0 Å². The predicted octanol–water partition coefficient (Wildman–Crippen LogP) is 2.31. The van der Waals surface area contributed by atoms with Gasteiger partial charge in [-0.25, -0.2) is 0 Å². The molecule has 6 heteroatoms. The van der Waals surface area contributed by atoms with Crippen LogP contribution >= 0.6 is 0 Å². The summed E-state index contributed by atoms with van der Waals surface area (Å²) in [6, 6.07) is 8.15. The van der Waals surface area contributed by atoms with Gasteiger partial charge in [0.2, 0.25) is 5.91 Å². The van der Waals surface area contributed by atoms with Crippen LogP contribution in [-0.4, -0.2) is 53.7 Å². The number of likely N-dealkylation sites (N-methyl/N-ethyl adjacent to an activating group) is 1. The number of amides is 3. The third-order valence-corrected chi connectivity index (χ3v) is 5.06. The third-order valence-electron chi connectivity index (χ3n) is 5.06. The van der Waals surface area contributed by atoms with Crippen LogP contribution in [0, 0.1) is 5.92 Å². The number of piperazine rings is 1. The van der Waals surface area contributed by atoms with Crippen LogP contribution < -0.4 is 5.32 Å². The molecule has 6 nitrogen and oxygen atoms in total. The summed E-state index contributed by atoms with van der Waals surface area (Å²) < 4.78 is 0. The monoisotopic (exact) mass is 373 g/mol. The maximum absolute atomic E-state index is 12.5. The number of benzene rings is 1. The number of carbonyl (C=O) groups excluding carboxylic acids is 3. The first-order valence-corrected chi connectivity index (χ1v) is 9.72. The zero-order chi connectivity index (χ0) is 20.1. The van der Waals surface area contributed by atoms with Crippen LogP contribution in [0.4, 0.5) is 0 Å². The lowest BCUT2D eigenvalue weighted by atomic mass is 9.93. The Hall–Kier alpha value is -2.37. The fourth-order valence-corrected chi connectivity index (χ4v) is 3.28. The van der Waals surface area contributed by atoms with E-state index in [2.05, 4.69) is 57.3 Å². The molecular weight excluding hydrogens is 342 g/mol. The topological polar surface area (TPSA) is 69.7 Å². The lowest BCUT2D eigenvalue weighted by Gasteiger charge is -2.33. The Morgan fingerprint density at radius 2 is 1.48 bits per heavy atom. The fourth-order valence-electron chi connectivity index (χ4n) is 3.28. The number of carbonyl (C=O) groups is 3. The summed E-state index contributed by atoms with van der Waals surface area (Å²) in [5.41, 5.74) is 2.30. The van der Waals surface area contributed by atoms with Crippen molar-refractivity contribution in [1.82, 2.24) is 15.1 Å². The highest BCUT2D eigenvalue weighted by molar-refractivity contribution is 6.35. The van der Waals surface area contributed by atoms with E-state index in [0.29, 0.717) is 25.6 Å². The molecule has 0 radical (unpaired) electrons. The van der Waals surface area contributed by atoms with Crippen molar-refractivity contribution in [1.29, 1.82) is 0 Å². The molecule has 1 saturated heterocycles. The van der Waals surface area contributed by atoms with Crippen molar-refractivity contribution in [2.75, 3.05) is 26.2 Å². The van der Waals surface area contributed by atoms with Crippen molar-refractivity contribution < 1.29 is 14.4 Å². The molecule has 1 N–H and O–H groups in total. The molecule has 0 aromatic heterocycles. The summed E-state index contributed by atoms with van der Waals surface area (Å²) in [6.45, 7) is 11.5. The van der Waals surface area contributed by atoms with Gasteiger partial charge in [0.1, 0.15) is 6.54 Å². The largest absolute Gasteiger partial charge is 0.348 e. The molecular formula is C21H31N3O3. The molecule has 2 rings (SSSR count). The van der Waals surface area contributed by atoms with E-state index in [-0.39, 0.29) is 24.4 Å². The van der Waals surface area contributed by atoms with Gasteiger partial charge >= 0.3 is 11.8 Å². The number of hydrogen-bond acceptors (Lipinski definition) is 3. The van der Waals surface area contributed by atoms with Crippen LogP contribution in [0.1, 0.15) is 57.7 Å². The SMILES string of the molecule is CCN1CCN(CC(=O)NC(c2ccc(C(C)C)cc2)C(C)C)C(=O)C1=O. The van der Waals surface area contributed by atoms with Crippen molar-refractivity contribution in [3.05, 3.63) is 35.4 Å². The average Bonchev–Trinajstić information content (AvgIpc) is 2.63. The number of nitrogens with one attached hydrogen (secondary N) is 1. The van der Waals surface area contributed by atoms with Gasteiger partial charge in [-0.15, -0.1) is 0 Å². The van der Waals surface area contributed by atoms with Crippen LogP contribution in [0.15, 0.2) is 24.3 Å². The molecule has 0 saturated carbocycles. The maximum Gasteiger partial charge on any atom is 0.312 e. The molecule has 1 aliphatic rings. The number of nitrogens with zero attached hydrogens (tertiary/aromatic N) is 2. The molecule has 1 heterocycles. The van der Waals surface area contributed by atoms with E-state index in [0.717, 1.165) is 5.56 Å². The Labute approximate surface area is 161 Å². The van der Waals surface area contributed by atoms with Gasteiger partial charge in [-0.1, -0.05) is 52.0 Å². The first-order valence-electron chi connectivity index (χ1n) is 9.72. The molecule has 1 fully saturated rings. The summed E-state index contributed by atoms with van der Waals surface area (Å²) in [5, 5.41) is 3.03. The number of rotatable bonds is 7. The van der Waals surface area contributed by atoms with Gasteiger partial charge in [-0.2, -0.15) is 0 Å². The minimum Gasteiger partial charge on any atom is -0.348 e. The Balaban J connectivity index is 2.03. The van der Waals surface area contributed by atoms with Gasteiger partial charge in [0.15, 0.2) is 0 Å². The fraction of sp³-hybridized carbons (Fsp3) is 0.571. The smallest absolute Gasteiger partial charge is 0.312 e. The van der Waals surface area contributed by atoms with E-state index in [1.54, 1.807) is 0 Å². The minimum atomic E-state index is -0.597. The molecule has 148 valence electrons. The van der Waals surface area contributed by atoms with Crippen LogP contribution in [0.2, 0.25) is 0 Å². The van der Waals surface area contributed by atoms with Crippen molar-refractivity contribution in [2.45, 2.75) is 46.6 Å². The quantitative estimate of drug-likeness (QED) is 0.746. The summed E-state index contributed by atoms with van der Waals surface area (Å²) >= 11 is 0. The molecule has 1 unspecified atom stereocenters. The van der Waals surface area contributed by atoms with Crippen LogP contribution in [0.25, 0.3) is 0 Å². The second kappa shape index (κ2) is 9.02. The zero-order valence-corrected chi connectivity index (χ0v) is 17.0. The minimum absolute atomic E-state index is 0.0879. The molecule has 0 aliphatic carbocycles. The van der Waals surface area contributed by atoms with Crippen molar-refractivity contribution in [3.8, 4) is 0 Å². The van der Waals surface area contributed by atoms with Gasteiger partial charge in [-0.3, -0.25) is 14.4 Å². The van der Waals surface area contributed by atoms with Crippen molar-refractivity contribution >= 4 is 17.7 Å². The van der Waals surface area contributed by atoms with Crippen LogP contribution in [-0.2, 0) is 14.4 Å². The van der Waals surface area contributed by atoms with Gasteiger partial charge < -0.3 is 15.1 Å². The molecule has 0 spiro atoms. The predicted molar refractivity (Wildman–Crippen MR) is 105 cm³/mol. The second-order valence-corrected chi connectivity index (χ2v) is 7.72. The van der Waals surface area contributed by atoms with Crippen LogP contribution in [0.3, 0.4) is 0 Å². The Kier molecular flexibility index (Phi) is 6.99. The lowest BCUT2D eigenvalue weighted by Crippen LogP contribution is -2.56. The van der Waals surface area contributed by atoms with Gasteiger partial charge in [0.05, 0.1) is 6.04 Å². The Morgan fingerprint density at radius 1 is 0.963 bits per heavy atom. The summed E-state index contributed by atoms with van der Waals surface area (Å²) in [5.74, 6) is -0.709. The summed E-state index contributed by atoms with van der Waals surface area (Å²) in [6.07, 6.45) is 0. The van der Waals surface area contributed by atoms with E-state index in [1.807, 2.05) is 6.92 Å². The Morgan fingerprint density at radius 3 is 2.00 bits per heavy atom. The molecule has 1 atom stereocenters. The highest BCUT2D eigenvalue weighted by Gasteiger charge is 2.33. The lowest BCUT2D eigenvalue weighted by molar-refractivity contribution is -0.156. The molecule has 1 aromatic rings. The molecule has 27 heavy (non-hydrogen) atoms. The molecule has 1 aromatic carbocycles. The molecule has 3 amide bonds. The van der Waals surface area contributed by atoms with E-state index < -0.39 is 11.8 Å². The summed E-state index contributed by atoms with van der Waals surface area (Å²) in [4.78, 5) is 39.6. The van der Waals surface area contributed by atoms with Crippen molar-refractivity contribution in [2.24, 2.45) is 5.92 Å². The normalized spacial score (nSPS) is 16.3. The second-order valence-electron chi connectivity index (χ2n) is 7.72. The third kappa shape index (κ3) is 5.08.